The van der Waals surface area contributed by atoms with Gasteiger partial charge in [0.1, 0.15) is 11.5 Å². The molecule has 1 N–H and O–H groups in total. The fraction of sp³-hybridized carbons (Fsp3) is 0.385. The molecule has 1 unspecified atom stereocenters. The van der Waals surface area contributed by atoms with E-state index in [1.54, 1.807) is 11.0 Å². The number of hydrogen-bond acceptors (Lipinski definition) is 6. The lowest BCUT2D eigenvalue weighted by Crippen LogP contribution is -2.32. The number of fused-ring (bicyclic) bond motifs is 1. The predicted molar refractivity (Wildman–Crippen MR) is 129 cm³/mol. The van der Waals surface area contributed by atoms with Crippen LogP contribution >= 0.6 is 0 Å². The largest absolute Gasteiger partial charge is 0.507 e. The van der Waals surface area contributed by atoms with Crippen molar-refractivity contribution in [3.05, 3.63) is 64.7 Å². The molecule has 2 heterocycles. The first-order valence-electron chi connectivity index (χ1n) is 11.2. The molecule has 4 rings (SSSR count). The van der Waals surface area contributed by atoms with Crippen molar-refractivity contribution in [2.45, 2.75) is 18.9 Å². The Morgan fingerprint density at radius 1 is 1.09 bits per heavy atom. The Bertz CT molecular complexity index is 1090. The van der Waals surface area contributed by atoms with Crippen molar-refractivity contribution in [2.24, 2.45) is 0 Å². The molecule has 0 bridgehead atoms. The lowest BCUT2D eigenvalue weighted by Gasteiger charge is -2.26. The summed E-state index contributed by atoms with van der Waals surface area (Å²) in [4.78, 5) is 31.9. The van der Waals surface area contributed by atoms with Crippen LogP contribution in [-0.4, -0.2) is 74.5 Å². The van der Waals surface area contributed by atoms with Crippen LogP contribution in [0.1, 0.15) is 29.2 Å². The van der Waals surface area contributed by atoms with Crippen LogP contribution in [0.3, 0.4) is 0 Å². The van der Waals surface area contributed by atoms with E-state index in [0.717, 1.165) is 42.0 Å². The summed E-state index contributed by atoms with van der Waals surface area (Å²) in [6.45, 7) is 1.83. The smallest absolute Gasteiger partial charge is 0.295 e. The molecule has 174 valence electrons. The minimum Gasteiger partial charge on any atom is -0.507 e. The Balaban J connectivity index is 1.78. The van der Waals surface area contributed by atoms with E-state index in [4.69, 9.17) is 4.74 Å². The van der Waals surface area contributed by atoms with Gasteiger partial charge in [-0.05, 0) is 68.5 Å². The topological polar surface area (TPSA) is 73.3 Å². The van der Waals surface area contributed by atoms with E-state index in [2.05, 4.69) is 0 Å². The van der Waals surface area contributed by atoms with Crippen LogP contribution in [0, 0.1) is 0 Å². The van der Waals surface area contributed by atoms with E-state index < -0.39 is 17.7 Å². The average Bonchev–Trinajstić information content (AvgIpc) is 3.36. The molecule has 2 aliphatic rings. The number of likely N-dealkylation sites (tertiary alicyclic amines) is 1. The summed E-state index contributed by atoms with van der Waals surface area (Å²) in [5, 5.41) is 11.3. The number of benzene rings is 2. The second kappa shape index (κ2) is 9.27. The van der Waals surface area contributed by atoms with Gasteiger partial charge in [0, 0.05) is 38.3 Å². The minimum absolute atomic E-state index is 0.139. The van der Waals surface area contributed by atoms with Gasteiger partial charge in [-0.2, -0.15) is 0 Å². The zero-order valence-electron chi connectivity index (χ0n) is 19.7. The molecule has 0 aromatic heterocycles. The monoisotopic (exact) mass is 449 g/mol. The molecule has 2 aliphatic heterocycles. The molecule has 0 radical (unpaired) electrons. The Morgan fingerprint density at radius 3 is 2.48 bits per heavy atom. The van der Waals surface area contributed by atoms with Gasteiger partial charge in [0.25, 0.3) is 11.7 Å². The molecule has 0 saturated carbocycles. The highest BCUT2D eigenvalue weighted by Gasteiger charge is 2.45. The summed E-state index contributed by atoms with van der Waals surface area (Å²) in [5.41, 5.74) is 3.48. The quantitative estimate of drug-likeness (QED) is 0.398. The van der Waals surface area contributed by atoms with Crippen molar-refractivity contribution >= 4 is 23.1 Å². The van der Waals surface area contributed by atoms with E-state index >= 15 is 0 Å². The van der Waals surface area contributed by atoms with Crippen LogP contribution in [-0.2, 0) is 16.0 Å². The lowest BCUT2D eigenvalue weighted by atomic mass is 9.94. The van der Waals surface area contributed by atoms with Crippen LogP contribution in [0.5, 0.6) is 5.75 Å². The molecule has 0 spiro atoms. The van der Waals surface area contributed by atoms with Crippen LogP contribution in [0.2, 0.25) is 0 Å². The summed E-state index contributed by atoms with van der Waals surface area (Å²) >= 11 is 0. The van der Waals surface area contributed by atoms with Crippen LogP contribution in [0.15, 0.2) is 48.0 Å². The molecular formula is C26H31N3O4. The van der Waals surface area contributed by atoms with Crippen LogP contribution < -0.4 is 9.64 Å². The number of carbonyl (C=O) groups is 2. The summed E-state index contributed by atoms with van der Waals surface area (Å²) in [6, 6.07) is 12.5. The molecule has 2 aromatic carbocycles. The molecule has 1 saturated heterocycles. The zero-order valence-corrected chi connectivity index (χ0v) is 19.7. The molecule has 0 aliphatic carbocycles. The summed E-state index contributed by atoms with van der Waals surface area (Å²) in [6.07, 6.45) is 1.48. The van der Waals surface area contributed by atoms with Crippen molar-refractivity contribution in [2.75, 3.05) is 52.8 Å². The summed E-state index contributed by atoms with van der Waals surface area (Å²) in [5.74, 6) is -0.552. The number of nitrogens with zero attached hydrogens (tertiary/aromatic N) is 3. The van der Waals surface area contributed by atoms with Crippen molar-refractivity contribution < 1.29 is 19.4 Å². The van der Waals surface area contributed by atoms with Crippen molar-refractivity contribution in [1.82, 2.24) is 9.80 Å². The van der Waals surface area contributed by atoms with Crippen molar-refractivity contribution in [1.29, 1.82) is 0 Å². The SMILES string of the molecule is CN(C)CCCN1C(=O)C(=O)/C(=C(\O)c2ccc3c(c2)CCO3)C1c1ccc(N(C)C)cc1. The van der Waals surface area contributed by atoms with Gasteiger partial charge < -0.3 is 24.5 Å². The maximum Gasteiger partial charge on any atom is 0.295 e. The van der Waals surface area contributed by atoms with Crippen LogP contribution in [0.25, 0.3) is 5.76 Å². The number of ether oxygens (including phenoxy) is 1. The fourth-order valence-corrected chi connectivity index (χ4v) is 4.46. The van der Waals surface area contributed by atoms with E-state index in [1.165, 1.54) is 0 Å². The summed E-state index contributed by atoms with van der Waals surface area (Å²) in [7, 11) is 7.87. The zero-order chi connectivity index (χ0) is 23.7. The first kappa shape index (κ1) is 22.9. The normalized spacial score (nSPS) is 19.2. The number of anilines is 1. The number of amides is 1. The fourth-order valence-electron chi connectivity index (χ4n) is 4.46. The summed E-state index contributed by atoms with van der Waals surface area (Å²) < 4.78 is 5.56. The Morgan fingerprint density at radius 2 is 1.82 bits per heavy atom. The Hall–Kier alpha value is -3.32. The van der Waals surface area contributed by atoms with Gasteiger partial charge in [0.15, 0.2) is 0 Å². The second-order valence-corrected chi connectivity index (χ2v) is 9.06. The van der Waals surface area contributed by atoms with Gasteiger partial charge >= 0.3 is 0 Å². The number of Topliss-reactive ketones (excluding diaryl/α,β-unsaturated/α-hetero) is 1. The van der Waals surface area contributed by atoms with Gasteiger partial charge in [0.2, 0.25) is 0 Å². The van der Waals surface area contributed by atoms with Gasteiger partial charge in [-0.15, -0.1) is 0 Å². The molecule has 1 atom stereocenters. The Labute approximate surface area is 194 Å². The number of rotatable bonds is 7. The number of aliphatic hydroxyl groups excluding tert-OH is 1. The first-order chi connectivity index (χ1) is 15.8. The molecule has 33 heavy (non-hydrogen) atoms. The first-order valence-corrected chi connectivity index (χ1v) is 11.2. The van der Waals surface area contributed by atoms with Gasteiger partial charge in [-0.3, -0.25) is 9.59 Å². The minimum atomic E-state index is -0.643. The molecular weight excluding hydrogens is 418 g/mol. The lowest BCUT2D eigenvalue weighted by molar-refractivity contribution is -0.139. The standard InChI is InChI=1S/C26H31N3O4/c1-27(2)13-5-14-29-23(17-6-9-20(10-7-17)28(3)4)22(25(31)26(29)32)24(30)19-8-11-21-18(16-19)12-15-33-21/h6-11,16,23,30H,5,12-15H2,1-4H3/b24-22-. The number of ketones is 1. The molecule has 1 amide bonds. The number of hydrogen-bond donors (Lipinski definition) is 1. The highest BCUT2D eigenvalue weighted by Crippen LogP contribution is 2.40. The molecule has 7 nitrogen and oxygen atoms in total. The number of aliphatic hydroxyl groups is 1. The van der Waals surface area contributed by atoms with Gasteiger partial charge in [0.05, 0.1) is 18.2 Å². The third kappa shape index (κ3) is 4.46. The molecule has 2 aromatic rings. The third-order valence-corrected chi connectivity index (χ3v) is 6.23. The van der Waals surface area contributed by atoms with Crippen molar-refractivity contribution in [3.63, 3.8) is 0 Å². The molecule has 7 heteroatoms. The highest BCUT2D eigenvalue weighted by molar-refractivity contribution is 6.46. The second-order valence-electron chi connectivity index (χ2n) is 9.06. The Kier molecular flexibility index (Phi) is 6.42. The highest BCUT2D eigenvalue weighted by atomic mass is 16.5. The van der Waals surface area contributed by atoms with Gasteiger partial charge in [-0.1, -0.05) is 12.1 Å². The van der Waals surface area contributed by atoms with Crippen molar-refractivity contribution in [3.8, 4) is 5.75 Å². The third-order valence-electron chi connectivity index (χ3n) is 6.23. The van der Waals surface area contributed by atoms with E-state index in [-0.39, 0.29) is 11.3 Å². The van der Waals surface area contributed by atoms with E-state index in [9.17, 15) is 14.7 Å². The number of carbonyl (C=O) groups excluding carboxylic acids is 2. The predicted octanol–water partition coefficient (Wildman–Crippen LogP) is 3.06. The maximum absolute atomic E-state index is 13.2. The van der Waals surface area contributed by atoms with Gasteiger partial charge in [-0.25, -0.2) is 0 Å². The average molecular weight is 450 g/mol. The van der Waals surface area contributed by atoms with Crippen LogP contribution in [0.4, 0.5) is 5.69 Å². The van der Waals surface area contributed by atoms with E-state index in [0.29, 0.717) is 18.7 Å². The molecule has 1 fully saturated rings. The van der Waals surface area contributed by atoms with E-state index in [1.807, 2.05) is 74.4 Å². The maximum atomic E-state index is 13.2.